The van der Waals surface area contributed by atoms with Crippen molar-refractivity contribution in [1.29, 1.82) is 0 Å². The normalized spacial score (nSPS) is 33.6. The molecule has 0 radical (unpaired) electrons. The molecule has 1 saturated heterocycles. The summed E-state index contributed by atoms with van der Waals surface area (Å²) in [6.45, 7) is 4.18. The van der Waals surface area contributed by atoms with E-state index >= 15 is 0 Å². The van der Waals surface area contributed by atoms with Crippen LogP contribution < -0.4 is 11.1 Å². The van der Waals surface area contributed by atoms with Gasteiger partial charge in [-0.2, -0.15) is 0 Å². The Kier molecular flexibility index (Phi) is 3.87. The monoisotopic (exact) mass is 260 g/mol. The molecule has 1 fully saturated rings. The van der Waals surface area contributed by atoms with Gasteiger partial charge in [0.25, 0.3) is 0 Å². The van der Waals surface area contributed by atoms with Gasteiger partial charge in [-0.3, -0.25) is 0 Å². The highest BCUT2D eigenvalue weighted by Crippen LogP contribution is 2.37. The molecule has 0 saturated carbocycles. The quantitative estimate of drug-likeness (QED) is 0.874. The second-order valence-corrected chi connectivity index (χ2v) is 5.80. The predicted molar refractivity (Wildman–Crippen MR) is 76.9 cm³/mol. The van der Waals surface area contributed by atoms with Gasteiger partial charge in [-0.25, -0.2) is 0 Å². The minimum absolute atomic E-state index is 0.190. The van der Waals surface area contributed by atoms with Crippen LogP contribution >= 0.6 is 0 Å². The highest BCUT2D eigenvalue weighted by atomic mass is 16.5. The Bertz CT molecular complexity index is 435. The SMILES string of the molecule is CCC1OCCC1CNC1CC(N)c2ccccc21. The molecule has 1 aromatic carbocycles. The zero-order valence-electron chi connectivity index (χ0n) is 11.6. The Balaban J connectivity index is 1.62. The molecule has 4 atom stereocenters. The van der Waals surface area contributed by atoms with E-state index in [0.29, 0.717) is 18.1 Å². The van der Waals surface area contributed by atoms with Gasteiger partial charge in [0.2, 0.25) is 0 Å². The van der Waals surface area contributed by atoms with E-state index in [1.807, 2.05) is 0 Å². The number of rotatable bonds is 4. The molecule has 3 N–H and O–H groups in total. The summed E-state index contributed by atoms with van der Waals surface area (Å²) in [5.41, 5.74) is 8.91. The first kappa shape index (κ1) is 13.1. The van der Waals surface area contributed by atoms with Gasteiger partial charge in [0, 0.05) is 25.2 Å². The summed E-state index contributed by atoms with van der Waals surface area (Å²) in [6.07, 6.45) is 3.76. The fourth-order valence-electron chi connectivity index (χ4n) is 3.54. The zero-order valence-corrected chi connectivity index (χ0v) is 11.6. The maximum absolute atomic E-state index is 6.21. The van der Waals surface area contributed by atoms with Gasteiger partial charge in [-0.1, -0.05) is 31.2 Å². The summed E-state index contributed by atoms with van der Waals surface area (Å²) in [7, 11) is 0. The summed E-state index contributed by atoms with van der Waals surface area (Å²) >= 11 is 0. The van der Waals surface area contributed by atoms with Crippen LogP contribution in [0.25, 0.3) is 0 Å². The molecule has 3 heteroatoms. The lowest BCUT2D eigenvalue weighted by Gasteiger charge is -2.21. The largest absolute Gasteiger partial charge is 0.378 e. The molecule has 3 nitrogen and oxygen atoms in total. The molecule has 4 unspecified atom stereocenters. The van der Waals surface area contributed by atoms with Gasteiger partial charge in [0.15, 0.2) is 0 Å². The van der Waals surface area contributed by atoms with Crippen molar-refractivity contribution in [2.75, 3.05) is 13.2 Å². The van der Waals surface area contributed by atoms with E-state index in [1.54, 1.807) is 0 Å². The van der Waals surface area contributed by atoms with E-state index in [0.717, 1.165) is 26.0 Å². The lowest BCUT2D eigenvalue weighted by atomic mass is 9.98. The third-order valence-electron chi connectivity index (χ3n) is 4.64. The molecular weight excluding hydrogens is 236 g/mol. The fourth-order valence-corrected chi connectivity index (χ4v) is 3.54. The average molecular weight is 260 g/mol. The molecule has 3 rings (SSSR count). The second kappa shape index (κ2) is 5.61. The smallest absolute Gasteiger partial charge is 0.0613 e. The molecule has 1 aliphatic heterocycles. The fraction of sp³-hybridized carbons (Fsp3) is 0.625. The van der Waals surface area contributed by atoms with Crippen LogP contribution in [0.3, 0.4) is 0 Å². The van der Waals surface area contributed by atoms with E-state index in [9.17, 15) is 0 Å². The molecular formula is C16H24N2O. The molecule has 0 spiro atoms. The molecule has 104 valence electrons. The number of nitrogens with one attached hydrogen (secondary N) is 1. The standard InChI is InChI=1S/C16H24N2O/c1-2-16-11(7-8-19-16)10-18-15-9-14(17)12-5-3-4-6-13(12)15/h3-6,11,14-16,18H,2,7-10,17H2,1H3. The van der Waals surface area contributed by atoms with E-state index in [2.05, 4.69) is 36.5 Å². The number of fused-ring (bicyclic) bond motifs is 1. The van der Waals surface area contributed by atoms with Crippen LogP contribution in [0.1, 0.15) is 49.4 Å². The summed E-state index contributed by atoms with van der Waals surface area (Å²) in [5, 5.41) is 3.71. The van der Waals surface area contributed by atoms with Crippen molar-refractivity contribution < 1.29 is 4.74 Å². The Labute approximate surface area is 115 Å². The van der Waals surface area contributed by atoms with E-state index in [1.165, 1.54) is 17.5 Å². The van der Waals surface area contributed by atoms with Crippen LogP contribution in [0.4, 0.5) is 0 Å². The Hall–Kier alpha value is -0.900. The molecule has 0 bridgehead atoms. The van der Waals surface area contributed by atoms with Crippen molar-refractivity contribution in [3.05, 3.63) is 35.4 Å². The Morgan fingerprint density at radius 3 is 2.89 bits per heavy atom. The summed E-state index contributed by atoms with van der Waals surface area (Å²) < 4.78 is 5.76. The minimum atomic E-state index is 0.190. The summed E-state index contributed by atoms with van der Waals surface area (Å²) in [4.78, 5) is 0. The predicted octanol–water partition coefficient (Wildman–Crippen LogP) is 2.54. The van der Waals surface area contributed by atoms with Crippen molar-refractivity contribution in [2.45, 2.75) is 44.4 Å². The number of hydrogen-bond donors (Lipinski definition) is 2. The van der Waals surface area contributed by atoms with Crippen molar-refractivity contribution >= 4 is 0 Å². The molecule has 2 aliphatic rings. The van der Waals surface area contributed by atoms with Crippen LogP contribution in [-0.4, -0.2) is 19.3 Å². The maximum atomic E-state index is 6.21. The van der Waals surface area contributed by atoms with Crippen molar-refractivity contribution in [3.8, 4) is 0 Å². The summed E-state index contributed by atoms with van der Waals surface area (Å²) in [6, 6.07) is 9.18. The van der Waals surface area contributed by atoms with E-state index in [4.69, 9.17) is 10.5 Å². The molecule has 19 heavy (non-hydrogen) atoms. The van der Waals surface area contributed by atoms with Gasteiger partial charge in [-0.05, 0) is 36.3 Å². The minimum Gasteiger partial charge on any atom is -0.378 e. The highest BCUT2D eigenvalue weighted by molar-refractivity contribution is 5.37. The van der Waals surface area contributed by atoms with Gasteiger partial charge >= 0.3 is 0 Å². The first-order valence-electron chi connectivity index (χ1n) is 7.49. The van der Waals surface area contributed by atoms with Crippen LogP contribution in [0.5, 0.6) is 0 Å². The Morgan fingerprint density at radius 2 is 2.11 bits per heavy atom. The molecule has 1 aliphatic carbocycles. The summed E-state index contributed by atoms with van der Waals surface area (Å²) in [5.74, 6) is 0.661. The first-order chi connectivity index (χ1) is 9.29. The lowest BCUT2D eigenvalue weighted by molar-refractivity contribution is 0.0865. The number of nitrogens with two attached hydrogens (primary N) is 1. The molecule has 0 amide bonds. The first-order valence-corrected chi connectivity index (χ1v) is 7.49. The maximum Gasteiger partial charge on any atom is 0.0613 e. The lowest BCUT2D eigenvalue weighted by Crippen LogP contribution is -2.30. The van der Waals surface area contributed by atoms with Crippen molar-refractivity contribution in [3.63, 3.8) is 0 Å². The molecule has 0 aromatic heterocycles. The van der Waals surface area contributed by atoms with Crippen molar-refractivity contribution in [1.82, 2.24) is 5.32 Å². The van der Waals surface area contributed by atoms with Crippen molar-refractivity contribution in [2.24, 2.45) is 11.7 Å². The van der Waals surface area contributed by atoms with Crippen LogP contribution in [0.15, 0.2) is 24.3 Å². The molecule has 1 heterocycles. The third-order valence-corrected chi connectivity index (χ3v) is 4.64. The van der Waals surface area contributed by atoms with Gasteiger partial charge in [0.05, 0.1) is 6.10 Å². The number of hydrogen-bond acceptors (Lipinski definition) is 3. The van der Waals surface area contributed by atoms with E-state index in [-0.39, 0.29) is 6.04 Å². The topological polar surface area (TPSA) is 47.3 Å². The van der Waals surface area contributed by atoms with Crippen LogP contribution in [0.2, 0.25) is 0 Å². The highest BCUT2D eigenvalue weighted by Gasteiger charge is 2.31. The zero-order chi connectivity index (χ0) is 13.2. The average Bonchev–Trinajstić information content (AvgIpc) is 3.02. The van der Waals surface area contributed by atoms with Gasteiger partial charge in [0.1, 0.15) is 0 Å². The Morgan fingerprint density at radius 1 is 1.32 bits per heavy atom. The van der Waals surface area contributed by atoms with Crippen LogP contribution in [0, 0.1) is 5.92 Å². The van der Waals surface area contributed by atoms with Crippen LogP contribution in [-0.2, 0) is 4.74 Å². The third kappa shape index (κ3) is 2.55. The number of benzene rings is 1. The van der Waals surface area contributed by atoms with E-state index < -0.39 is 0 Å². The van der Waals surface area contributed by atoms with Gasteiger partial charge < -0.3 is 15.8 Å². The number of ether oxygens (including phenoxy) is 1. The second-order valence-electron chi connectivity index (χ2n) is 5.80. The molecule has 1 aromatic rings. The van der Waals surface area contributed by atoms with Gasteiger partial charge in [-0.15, -0.1) is 0 Å².